The zero-order chi connectivity index (χ0) is 22.3. The Morgan fingerprint density at radius 1 is 1.12 bits per heavy atom. The standard InChI is InChI=1S/C25H33N5OS/c1-20-18-29(24-8-7-23(17-26)32-24)15-16-30(20)25(31)27-12-9-21-10-13-28(14-11-21)19-22-5-3-2-4-6-22/h2-8,20-21H,9-16,18-19H2,1H3,(H,27,31)/t20-/m1/s1. The number of urea groups is 1. The fourth-order valence-corrected chi connectivity index (χ4v) is 5.61. The maximum Gasteiger partial charge on any atom is 0.317 e. The van der Waals surface area contributed by atoms with E-state index in [0.717, 1.165) is 55.6 Å². The number of carbonyl (C=O) groups is 1. The van der Waals surface area contributed by atoms with E-state index < -0.39 is 0 Å². The fourth-order valence-electron chi connectivity index (χ4n) is 4.78. The van der Waals surface area contributed by atoms with Crippen molar-refractivity contribution in [2.75, 3.05) is 44.2 Å². The molecule has 7 heteroatoms. The van der Waals surface area contributed by atoms with Crippen molar-refractivity contribution >= 4 is 22.4 Å². The number of rotatable bonds is 6. The average Bonchev–Trinajstić information content (AvgIpc) is 3.30. The summed E-state index contributed by atoms with van der Waals surface area (Å²) in [6.07, 6.45) is 3.48. The van der Waals surface area contributed by atoms with E-state index in [9.17, 15) is 4.79 Å². The van der Waals surface area contributed by atoms with Gasteiger partial charge in [0.2, 0.25) is 0 Å². The molecule has 1 aromatic heterocycles. The van der Waals surface area contributed by atoms with E-state index in [-0.39, 0.29) is 12.1 Å². The molecule has 2 aliphatic heterocycles. The van der Waals surface area contributed by atoms with Crippen LogP contribution in [0.5, 0.6) is 0 Å². The monoisotopic (exact) mass is 451 g/mol. The smallest absolute Gasteiger partial charge is 0.317 e. The molecule has 6 nitrogen and oxygen atoms in total. The lowest BCUT2D eigenvalue weighted by molar-refractivity contribution is 0.162. The van der Waals surface area contributed by atoms with Crippen LogP contribution in [0.2, 0.25) is 0 Å². The number of benzene rings is 1. The number of nitrogens with zero attached hydrogens (tertiary/aromatic N) is 4. The Hall–Kier alpha value is -2.56. The first-order chi connectivity index (χ1) is 15.6. The molecule has 170 valence electrons. The van der Waals surface area contributed by atoms with Crippen molar-refractivity contribution in [3.05, 3.63) is 52.9 Å². The van der Waals surface area contributed by atoms with Crippen molar-refractivity contribution in [3.63, 3.8) is 0 Å². The minimum atomic E-state index is 0.0579. The van der Waals surface area contributed by atoms with Crippen LogP contribution in [0.25, 0.3) is 0 Å². The molecule has 3 heterocycles. The number of piperazine rings is 1. The predicted molar refractivity (Wildman–Crippen MR) is 130 cm³/mol. The van der Waals surface area contributed by atoms with Gasteiger partial charge in [-0.05, 0) is 62.9 Å². The zero-order valence-electron chi connectivity index (χ0n) is 18.9. The molecule has 1 N–H and O–H groups in total. The molecular weight excluding hydrogens is 418 g/mol. The van der Waals surface area contributed by atoms with E-state index in [1.54, 1.807) is 0 Å². The summed E-state index contributed by atoms with van der Waals surface area (Å²) in [7, 11) is 0. The van der Waals surface area contributed by atoms with E-state index >= 15 is 0 Å². The molecule has 4 rings (SSSR count). The number of hydrogen-bond acceptors (Lipinski definition) is 5. The van der Waals surface area contributed by atoms with Crippen LogP contribution in [-0.2, 0) is 6.54 Å². The highest BCUT2D eigenvalue weighted by Gasteiger charge is 2.28. The lowest BCUT2D eigenvalue weighted by Crippen LogP contribution is -2.56. The maximum absolute atomic E-state index is 12.7. The molecule has 0 bridgehead atoms. The number of carbonyl (C=O) groups excluding carboxylic acids is 1. The summed E-state index contributed by atoms with van der Waals surface area (Å²) in [4.78, 5) is 20.3. The Balaban J connectivity index is 1.15. The lowest BCUT2D eigenvalue weighted by Gasteiger charge is -2.40. The average molecular weight is 452 g/mol. The van der Waals surface area contributed by atoms with Crippen molar-refractivity contribution < 1.29 is 4.79 Å². The fraction of sp³-hybridized carbons (Fsp3) is 0.520. The third-order valence-electron chi connectivity index (χ3n) is 6.69. The zero-order valence-corrected chi connectivity index (χ0v) is 19.7. The Bertz CT molecular complexity index is 916. The molecule has 1 aromatic carbocycles. The third-order valence-corrected chi connectivity index (χ3v) is 7.74. The molecule has 0 radical (unpaired) electrons. The van der Waals surface area contributed by atoms with E-state index in [2.05, 4.69) is 58.4 Å². The van der Waals surface area contributed by atoms with E-state index in [0.29, 0.717) is 12.5 Å². The van der Waals surface area contributed by atoms with Crippen LogP contribution >= 0.6 is 11.3 Å². The Morgan fingerprint density at radius 2 is 1.91 bits per heavy atom. The Morgan fingerprint density at radius 3 is 2.59 bits per heavy atom. The van der Waals surface area contributed by atoms with Gasteiger partial charge in [-0.2, -0.15) is 5.26 Å². The van der Waals surface area contributed by atoms with Crippen LogP contribution in [0.4, 0.5) is 9.80 Å². The first kappa shape index (κ1) is 22.6. The normalized spacial score (nSPS) is 20.2. The largest absolute Gasteiger partial charge is 0.360 e. The summed E-state index contributed by atoms with van der Waals surface area (Å²) in [6.45, 7) is 8.51. The summed E-state index contributed by atoms with van der Waals surface area (Å²) in [5, 5.41) is 13.3. The highest BCUT2D eigenvalue weighted by molar-refractivity contribution is 7.16. The van der Waals surface area contributed by atoms with Gasteiger partial charge in [-0.25, -0.2) is 4.79 Å². The second-order valence-electron chi connectivity index (χ2n) is 8.96. The van der Waals surface area contributed by atoms with Gasteiger partial charge in [0.25, 0.3) is 0 Å². The summed E-state index contributed by atoms with van der Waals surface area (Å²) in [5.74, 6) is 0.699. The molecule has 0 aliphatic carbocycles. The van der Waals surface area contributed by atoms with Gasteiger partial charge in [-0.1, -0.05) is 30.3 Å². The summed E-state index contributed by atoms with van der Waals surface area (Å²) >= 11 is 1.52. The molecule has 0 saturated carbocycles. The Labute approximate surface area is 195 Å². The van der Waals surface area contributed by atoms with E-state index in [4.69, 9.17) is 5.26 Å². The van der Waals surface area contributed by atoms with Crippen molar-refractivity contribution in [1.82, 2.24) is 15.1 Å². The molecule has 32 heavy (non-hydrogen) atoms. The number of nitrogens with one attached hydrogen (secondary N) is 1. The highest BCUT2D eigenvalue weighted by atomic mass is 32.1. The van der Waals surface area contributed by atoms with Crippen LogP contribution < -0.4 is 10.2 Å². The first-order valence-electron chi connectivity index (χ1n) is 11.7. The van der Waals surface area contributed by atoms with Gasteiger partial charge in [0.15, 0.2) is 0 Å². The van der Waals surface area contributed by atoms with Gasteiger partial charge < -0.3 is 15.1 Å². The van der Waals surface area contributed by atoms with Gasteiger partial charge in [-0.15, -0.1) is 11.3 Å². The second-order valence-corrected chi connectivity index (χ2v) is 10.0. The number of hydrogen-bond donors (Lipinski definition) is 1. The van der Waals surface area contributed by atoms with Crippen LogP contribution in [-0.4, -0.2) is 61.1 Å². The van der Waals surface area contributed by atoms with Crippen LogP contribution in [0.15, 0.2) is 42.5 Å². The summed E-state index contributed by atoms with van der Waals surface area (Å²) < 4.78 is 0. The van der Waals surface area contributed by atoms with Gasteiger partial charge >= 0.3 is 6.03 Å². The van der Waals surface area contributed by atoms with Gasteiger partial charge in [0.1, 0.15) is 10.9 Å². The van der Waals surface area contributed by atoms with Crippen LogP contribution in [0.3, 0.4) is 0 Å². The van der Waals surface area contributed by atoms with Gasteiger partial charge in [0.05, 0.1) is 5.00 Å². The first-order valence-corrected chi connectivity index (χ1v) is 12.5. The summed E-state index contributed by atoms with van der Waals surface area (Å²) in [5.41, 5.74) is 1.39. The quantitative estimate of drug-likeness (QED) is 0.717. The number of thiophene rings is 1. The number of anilines is 1. The topological polar surface area (TPSA) is 62.6 Å². The molecule has 1 atom stereocenters. The third kappa shape index (κ3) is 5.81. The minimum absolute atomic E-state index is 0.0579. The van der Waals surface area contributed by atoms with Crippen LogP contribution in [0, 0.1) is 17.2 Å². The lowest BCUT2D eigenvalue weighted by atomic mass is 9.93. The van der Waals surface area contributed by atoms with Crippen LogP contribution in [0.1, 0.15) is 36.6 Å². The highest BCUT2D eigenvalue weighted by Crippen LogP contribution is 2.27. The van der Waals surface area contributed by atoms with Crippen molar-refractivity contribution in [1.29, 1.82) is 5.26 Å². The second kappa shape index (κ2) is 10.8. The van der Waals surface area contributed by atoms with E-state index in [1.807, 2.05) is 17.0 Å². The van der Waals surface area contributed by atoms with Crippen molar-refractivity contribution in [2.45, 2.75) is 38.8 Å². The molecular formula is C25H33N5OS. The van der Waals surface area contributed by atoms with Crippen molar-refractivity contribution in [2.24, 2.45) is 5.92 Å². The molecule has 0 spiro atoms. The number of likely N-dealkylation sites (tertiary alicyclic amines) is 1. The molecule has 2 aromatic rings. The van der Waals surface area contributed by atoms with Crippen molar-refractivity contribution in [3.8, 4) is 6.07 Å². The number of amides is 2. The molecule has 2 amide bonds. The molecule has 2 saturated heterocycles. The Kier molecular flexibility index (Phi) is 7.67. The van der Waals surface area contributed by atoms with E-state index in [1.165, 1.54) is 29.7 Å². The molecule has 0 unspecified atom stereocenters. The predicted octanol–water partition coefficient (Wildman–Crippen LogP) is 4.14. The summed E-state index contributed by atoms with van der Waals surface area (Å²) in [6, 6.07) is 17.0. The molecule has 2 fully saturated rings. The number of nitriles is 1. The molecule has 2 aliphatic rings. The van der Waals surface area contributed by atoms with Gasteiger partial charge in [-0.3, -0.25) is 4.90 Å². The number of piperidine rings is 1. The SMILES string of the molecule is C[C@@H]1CN(c2ccc(C#N)s2)CCN1C(=O)NCCC1CCN(Cc2ccccc2)CC1. The minimum Gasteiger partial charge on any atom is -0.360 e. The van der Waals surface area contributed by atoms with Gasteiger partial charge in [0, 0.05) is 38.8 Å². The maximum atomic E-state index is 12.7.